The van der Waals surface area contributed by atoms with Crippen LogP contribution in [0.15, 0.2) is 41.0 Å². The minimum absolute atomic E-state index is 0.0246. The second-order valence-electron chi connectivity index (χ2n) is 8.20. The van der Waals surface area contributed by atoms with Crippen molar-refractivity contribution in [2.75, 3.05) is 18.6 Å². The lowest BCUT2D eigenvalue weighted by Crippen LogP contribution is -2.71. The molecule has 2 amide bonds. The third-order valence-corrected chi connectivity index (χ3v) is 8.15. The number of nitrogens with zero attached hydrogens (tertiary/aromatic N) is 6. The first-order chi connectivity index (χ1) is 17.7. The molecule has 16 heteroatoms. The number of hydrogen-bond acceptors (Lipinski definition) is 10. The van der Waals surface area contributed by atoms with Crippen molar-refractivity contribution in [2.24, 2.45) is 5.16 Å². The Hall–Kier alpha value is -3.69. The van der Waals surface area contributed by atoms with Crippen molar-refractivity contribution in [3.8, 4) is 0 Å². The Kier molecular flexibility index (Phi) is 6.51. The van der Waals surface area contributed by atoms with Crippen molar-refractivity contribution in [3.05, 3.63) is 51.4 Å². The van der Waals surface area contributed by atoms with E-state index < -0.39 is 29.2 Å². The number of nitrogen functional groups attached to an aromatic ring is 1. The molecule has 5 heterocycles. The summed E-state index contributed by atoms with van der Waals surface area (Å²) in [6, 6.07) is 2.90. The molecule has 1 saturated heterocycles. The van der Waals surface area contributed by atoms with Crippen LogP contribution >= 0.6 is 34.7 Å². The molecule has 5 rings (SSSR count). The van der Waals surface area contributed by atoms with E-state index in [-0.39, 0.29) is 33.1 Å². The summed E-state index contributed by atoms with van der Waals surface area (Å²) in [5.74, 6) is -2.22. The molecule has 3 aromatic heterocycles. The van der Waals surface area contributed by atoms with Crippen molar-refractivity contribution >= 4 is 68.8 Å². The van der Waals surface area contributed by atoms with Gasteiger partial charge in [0.2, 0.25) is 0 Å². The number of nitrogens with one attached hydrogen (secondary N) is 1. The maximum absolute atomic E-state index is 13.1. The first kappa shape index (κ1) is 25.0. The van der Waals surface area contributed by atoms with Crippen LogP contribution in [-0.4, -0.2) is 72.5 Å². The Balaban J connectivity index is 1.37. The number of carboxylic acid groups (broad SMARTS) is 1. The molecule has 2 aliphatic heterocycles. The van der Waals surface area contributed by atoms with E-state index in [1.54, 1.807) is 9.20 Å². The molecule has 0 radical (unpaired) electrons. The number of rotatable bonds is 7. The van der Waals surface area contributed by atoms with Gasteiger partial charge in [-0.15, -0.1) is 21.0 Å². The van der Waals surface area contributed by atoms with Gasteiger partial charge in [0.05, 0.1) is 5.21 Å². The van der Waals surface area contributed by atoms with Gasteiger partial charge in [-0.25, -0.2) is 9.78 Å². The summed E-state index contributed by atoms with van der Waals surface area (Å²) in [7, 11) is 1.25. The fraction of sp³-hybridized carbons (Fsp3) is 0.286. The standard InChI is InChI=1S/C21H19ClN8O5S2/c1-9-3-4-29-11(5-9)7-28(27-29)6-10-8-36-19-14(18(32)30(19)15(10)20(33)34)24-17(31)13(26-35-2)12-16(22)37-21(23)25-12/h3-5,7,14,19H,6,8H2,1-2H3,(H3-,23,24,25,31,33,34)/p+1/b26-13-/t14-,19+/m1/s1. The first-order valence-corrected chi connectivity index (χ1v) is 13.0. The van der Waals surface area contributed by atoms with E-state index in [1.807, 2.05) is 31.5 Å². The summed E-state index contributed by atoms with van der Waals surface area (Å²) in [6.45, 7) is 2.16. The minimum atomic E-state index is -1.23. The highest BCUT2D eigenvalue weighted by molar-refractivity contribution is 8.00. The van der Waals surface area contributed by atoms with Gasteiger partial charge in [0.15, 0.2) is 22.6 Å². The van der Waals surface area contributed by atoms with E-state index in [0.29, 0.717) is 11.3 Å². The molecule has 13 nitrogen and oxygen atoms in total. The van der Waals surface area contributed by atoms with E-state index in [0.717, 1.165) is 22.4 Å². The van der Waals surface area contributed by atoms with Gasteiger partial charge in [-0.3, -0.25) is 14.5 Å². The molecule has 0 aliphatic carbocycles. The number of fused-ring (bicyclic) bond motifs is 2. The second kappa shape index (κ2) is 9.64. The fourth-order valence-corrected chi connectivity index (χ4v) is 6.40. The normalized spacial score (nSPS) is 19.6. The zero-order valence-electron chi connectivity index (χ0n) is 19.4. The van der Waals surface area contributed by atoms with Crippen LogP contribution < -0.4 is 15.7 Å². The molecule has 0 saturated carbocycles. The number of thioether (sulfide) groups is 1. The number of carbonyl (C=O) groups excluding carboxylic acids is 2. The lowest BCUT2D eigenvalue weighted by molar-refractivity contribution is -0.746. The number of pyridine rings is 1. The van der Waals surface area contributed by atoms with E-state index in [9.17, 15) is 19.5 Å². The van der Waals surface area contributed by atoms with Gasteiger partial charge in [0, 0.05) is 11.3 Å². The number of carbonyl (C=O) groups is 3. The molecule has 3 aromatic rings. The Morgan fingerprint density at radius 1 is 1.46 bits per heavy atom. The van der Waals surface area contributed by atoms with Gasteiger partial charge >= 0.3 is 5.97 Å². The van der Waals surface area contributed by atoms with Crippen molar-refractivity contribution in [2.45, 2.75) is 24.9 Å². The first-order valence-electron chi connectivity index (χ1n) is 10.8. The summed E-state index contributed by atoms with van der Waals surface area (Å²) in [5, 5.41) is 20.2. The Morgan fingerprint density at radius 2 is 2.24 bits per heavy atom. The van der Waals surface area contributed by atoms with Crippen LogP contribution in [0.2, 0.25) is 4.34 Å². The lowest BCUT2D eigenvalue weighted by atomic mass is 10.0. The molecule has 0 spiro atoms. The number of anilines is 1. The molecule has 0 aromatic carbocycles. The van der Waals surface area contributed by atoms with Crippen molar-refractivity contribution < 1.29 is 29.0 Å². The number of nitrogens with two attached hydrogens (primary N) is 1. The number of carboxylic acids is 1. The Morgan fingerprint density at radius 3 is 2.92 bits per heavy atom. The van der Waals surface area contributed by atoms with Gasteiger partial charge in [-0.2, -0.15) is 0 Å². The molecule has 4 N–H and O–H groups in total. The van der Waals surface area contributed by atoms with E-state index >= 15 is 0 Å². The number of thiazole rings is 1. The molecule has 0 bridgehead atoms. The van der Waals surface area contributed by atoms with Gasteiger partial charge in [0.25, 0.3) is 11.8 Å². The number of oxime groups is 1. The number of hydrogen-bond donors (Lipinski definition) is 3. The largest absolute Gasteiger partial charge is 0.477 e. The Labute approximate surface area is 222 Å². The number of amides is 2. The van der Waals surface area contributed by atoms with Crippen LogP contribution in [0.3, 0.4) is 0 Å². The fourth-order valence-electron chi connectivity index (χ4n) is 4.14. The van der Waals surface area contributed by atoms with Crippen LogP contribution in [0.5, 0.6) is 0 Å². The van der Waals surface area contributed by atoms with E-state index in [2.05, 4.69) is 20.7 Å². The molecular weight excluding hydrogens is 544 g/mol. The number of aromatic nitrogens is 4. The van der Waals surface area contributed by atoms with E-state index in [1.165, 1.54) is 23.8 Å². The Bertz CT molecular complexity index is 1520. The van der Waals surface area contributed by atoms with Crippen LogP contribution in [0.25, 0.3) is 5.52 Å². The highest BCUT2D eigenvalue weighted by Crippen LogP contribution is 2.40. The summed E-state index contributed by atoms with van der Waals surface area (Å²) in [6.07, 6.45) is 3.63. The van der Waals surface area contributed by atoms with Crippen molar-refractivity contribution in [3.63, 3.8) is 0 Å². The van der Waals surface area contributed by atoms with Gasteiger partial charge < -0.3 is 21.0 Å². The maximum Gasteiger partial charge on any atom is 0.352 e. The van der Waals surface area contributed by atoms with E-state index in [4.69, 9.17) is 22.2 Å². The van der Waals surface area contributed by atoms with Crippen molar-refractivity contribution in [1.82, 2.24) is 24.9 Å². The van der Waals surface area contributed by atoms with Crippen molar-refractivity contribution in [1.29, 1.82) is 0 Å². The molecule has 2 atom stereocenters. The molecule has 37 heavy (non-hydrogen) atoms. The predicted molar refractivity (Wildman–Crippen MR) is 135 cm³/mol. The molecule has 0 unspecified atom stereocenters. The average molecular weight is 564 g/mol. The number of aryl methyl sites for hydroxylation is 1. The van der Waals surface area contributed by atoms with Gasteiger partial charge in [-0.05, 0) is 24.6 Å². The van der Waals surface area contributed by atoms with Gasteiger partial charge in [0.1, 0.15) is 47.0 Å². The number of aliphatic carboxylic acids is 1. The molecular formula is C21H20ClN8O5S2+. The quantitative estimate of drug-likeness (QED) is 0.159. The van der Waals surface area contributed by atoms with Gasteiger partial charge in [-0.1, -0.05) is 28.1 Å². The highest BCUT2D eigenvalue weighted by atomic mass is 35.5. The van der Waals surface area contributed by atoms with Crippen LogP contribution in [0.4, 0.5) is 5.13 Å². The number of β-lactam (4-membered cyclic amide) rings is 1. The average Bonchev–Trinajstić information content (AvgIpc) is 3.40. The summed E-state index contributed by atoms with van der Waals surface area (Å²) < 4.78 is 3.46. The number of halogens is 1. The third-order valence-electron chi connectivity index (χ3n) is 5.72. The predicted octanol–water partition coefficient (Wildman–Crippen LogP) is 0.412. The topological polar surface area (TPSA) is 168 Å². The highest BCUT2D eigenvalue weighted by Gasteiger charge is 2.54. The van der Waals surface area contributed by atoms with Crippen LogP contribution in [-0.2, 0) is 25.8 Å². The summed E-state index contributed by atoms with van der Waals surface area (Å²) in [4.78, 5) is 48.2. The maximum atomic E-state index is 13.1. The monoisotopic (exact) mass is 563 g/mol. The summed E-state index contributed by atoms with van der Waals surface area (Å²) >= 11 is 8.42. The summed E-state index contributed by atoms with van der Waals surface area (Å²) in [5.41, 5.74) is 7.79. The lowest BCUT2D eigenvalue weighted by Gasteiger charge is -2.49. The van der Waals surface area contributed by atoms with Crippen LogP contribution in [0.1, 0.15) is 11.3 Å². The SMILES string of the molecule is CO/N=C(\C(=O)N[C@@H]1C(=O)N2C(C(=O)O)=C(C[n+]3cc4cc(C)ccn4n3)CS[C@@H]12)c1nc(N)sc1Cl. The zero-order chi connectivity index (χ0) is 26.4. The molecule has 1 fully saturated rings. The molecule has 192 valence electrons. The smallest absolute Gasteiger partial charge is 0.352 e. The molecule has 2 aliphatic rings. The minimum Gasteiger partial charge on any atom is -0.477 e. The second-order valence-corrected chi connectivity index (χ2v) is 10.9. The zero-order valence-corrected chi connectivity index (χ0v) is 21.8. The third kappa shape index (κ3) is 4.49. The van der Waals surface area contributed by atoms with Crippen LogP contribution in [0, 0.1) is 6.92 Å².